The molecule has 2 nitrogen and oxygen atoms in total. The first-order chi connectivity index (χ1) is 9.25. The van der Waals surface area contributed by atoms with Crippen LogP contribution in [0.2, 0.25) is 0 Å². The molecular formula is C17H28N2. The van der Waals surface area contributed by atoms with Gasteiger partial charge in [0.1, 0.15) is 0 Å². The van der Waals surface area contributed by atoms with Crippen LogP contribution in [0, 0.1) is 0 Å². The van der Waals surface area contributed by atoms with Crippen molar-refractivity contribution in [1.29, 1.82) is 0 Å². The summed E-state index contributed by atoms with van der Waals surface area (Å²) >= 11 is 0. The zero-order valence-corrected chi connectivity index (χ0v) is 12.5. The minimum absolute atomic E-state index is 0.624. The van der Waals surface area contributed by atoms with E-state index in [1.54, 1.807) is 5.56 Å². The van der Waals surface area contributed by atoms with Crippen molar-refractivity contribution in [3.8, 4) is 0 Å². The van der Waals surface area contributed by atoms with Crippen LogP contribution in [0.25, 0.3) is 0 Å². The average molecular weight is 260 g/mol. The molecule has 1 N–H and O–H groups in total. The normalized spacial score (nSPS) is 15.7. The van der Waals surface area contributed by atoms with Gasteiger partial charge in [-0.1, -0.05) is 44.5 Å². The summed E-state index contributed by atoms with van der Waals surface area (Å²) < 4.78 is 0. The summed E-state index contributed by atoms with van der Waals surface area (Å²) in [5.74, 6) is 0. The second-order valence-corrected chi connectivity index (χ2v) is 5.96. The molecule has 0 fully saturated rings. The van der Waals surface area contributed by atoms with Gasteiger partial charge in [-0.05, 0) is 43.5 Å². The highest BCUT2D eigenvalue weighted by atomic mass is 15.1. The SMILES string of the molecule is CC(C)NCCCCCN1CCc2ccccc2C1. The van der Waals surface area contributed by atoms with E-state index in [4.69, 9.17) is 0 Å². The molecule has 0 amide bonds. The highest BCUT2D eigenvalue weighted by molar-refractivity contribution is 5.28. The second kappa shape index (κ2) is 7.66. The van der Waals surface area contributed by atoms with Crippen molar-refractivity contribution in [2.75, 3.05) is 19.6 Å². The highest BCUT2D eigenvalue weighted by Gasteiger charge is 2.14. The zero-order chi connectivity index (χ0) is 13.5. The standard InChI is InChI=1S/C17H28N2/c1-15(2)18-11-6-3-7-12-19-13-10-16-8-4-5-9-17(16)14-19/h4-5,8-9,15,18H,3,6-7,10-14H2,1-2H3. The lowest BCUT2D eigenvalue weighted by Crippen LogP contribution is -2.31. The third kappa shape index (κ3) is 4.96. The van der Waals surface area contributed by atoms with Crippen LogP contribution in [-0.4, -0.2) is 30.6 Å². The molecule has 106 valence electrons. The monoisotopic (exact) mass is 260 g/mol. The number of benzene rings is 1. The van der Waals surface area contributed by atoms with E-state index in [-0.39, 0.29) is 0 Å². The minimum Gasteiger partial charge on any atom is -0.315 e. The van der Waals surface area contributed by atoms with Gasteiger partial charge in [-0.3, -0.25) is 4.90 Å². The van der Waals surface area contributed by atoms with Gasteiger partial charge < -0.3 is 5.32 Å². The van der Waals surface area contributed by atoms with E-state index >= 15 is 0 Å². The first kappa shape index (κ1) is 14.5. The van der Waals surface area contributed by atoms with E-state index in [0.717, 1.165) is 6.54 Å². The van der Waals surface area contributed by atoms with Gasteiger partial charge >= 0.3 is 0 Å². The van der Waals surface area contributed by atoms with E-state index in [0.29, 0.717) is 6.04 Å². The lowest BCUT2D eigenvalue weighted by Gasteiger charge is -2.28. The van der Waals surface area contributed by atoms with Crippen molar-refractivity contribution in [1.82, 2.24) is 10.2 Å². The molecule has 1 aromatic rings. The molecule has 0 unspecified atom stereocenters. The molecule has 2 rings (SSSR count). The van der Waals surface area contributed by atoms with E-state index in [9.17, 15) is 0 Å². The Kier molecular flexibility index (Phi) is 5.87. The molecule has 0 bridgehead atoms. The number of hydrogen-bond donors (Lipinski definition) is 1. The summed E-state index contributed by atoms with van der Waals surface area (Å²) in [5, 5.41) is 3.48. The highest BCUT2D eigenvalue weighted by Crippen LogP contribution is 2.18. The van der Waals surface area contributed by atoms with E-state index in [1.807, 2.05) is 0 Å². The van der Waals surface area contributed by atoms with Gasteiger partial charge in [-0.15, -0.1) is 0 Å². The summed E-state index contributed by atoms with van der Waals surface area (Å²) in [7, 11) is 0. The Labute approximate surface area is 118 Å². The molecule has 0 atom stereocenters. The molecule has 1 heterocycles. The minimum atomic E-state index is 0.624. The van der Waals surface area contributed by atoms with Gasteiger partial charge in [0.25, 0.3) is 0 Å². The molecule has 1 aliphatic heterocycles. The smallest absolute Gasteiger partial charge is 0.0236 e. The molecule has 0 aromatic heterocycles. The summed E-state index contributed by atoms with van der Waals surface area (Å²) in [6.07, 6.45) is 5.22. The van der Waals surface area contributed by atoms with Gasteiger partial charge in [0.2, 0.25) is 0 Å². The maximum absolute atomic E-state index is 3.48. The van der Waals surface area contributed by atoms with Crippen molar-refractivity contribution in [3.05, 3.63) is 35.4 Å². The number of hydrogen-bond acceptors (Lipinski definition) is 2. The molecule has 1 aliphatic rings. The van der Waals surface area contributed by atoms with E-state index < -0.39 is 0 Å². The van der Waals surface area contributed by atoms with Gasteiger partial charge in [0, 0.05) is 19.1 Å². The van der Waals surface area contributed by atoms with Crippen LogP contribution < -0.4 is 5.32 Å². The Balaban J connectivity index is 1.61. The predicted octanol–water partition coefficient (Wildman–Crippen LogP) is 3.21. The second-order valence-electron chi connectivity index (χ2n) is 5.96. The molecule has 1 aromatic carbocycles. The quantitative estimate of drug-likeness (QED) is 0.757. The third-order valence-corrected chi connectivity index (χ3v) is 3.91. The van der Waals surface area contributed by atoms with E-state index in [2.05, 4.69) is 48.3 Å². The lowest BCUT2D eigenvalue weighted by molar-refractivity contribution is 0.248. The average Bonchev–Trinajstić information content (AvgIpc) is 2.42. The van der Waals surface area contributed by atoms with Crippen molar-refractivity contribution in [2.45, 2.75) is 52.1 Å². The van der Waals surface area contributed by atoms with Crippen LogP contribution in [0.5, 0.6) is 0 Å². The van der Waals surface area contributed by atoms with Gasteiger partial charge in [-0.2, -0.15) is 0 Å². The molecule has 0 saturated carbocycles. The molecule has 0 aliphatic carbocycles. The number of fused-ring (bicyclic) bond motifs is 1. The topological polar surface area (TPSA) is 15.3 Å². The van der Waals surface area contributed by atoms with Crippen LogP contribution in [0.1, 0.15) is 44.2 Å². The maximum Gasteiger partial charge on any atom is 0.0236 e. The van der Waals surface area contributed by atoms with Crippen LogP contribution in [0.15, 0.2) is 24.3 Å². The predicted molar refractivity (Wildman–Crippen MR) is 82.4 cm³/mol. The van der Waals surface area contributed by atoms with Crippen LogP contribution >= 0.6 is 0 Å². The lowest BCUT2D eigenvalue weighted by atomic mass is 10.00. The molecule has 0 radical (unpaired) electrons. The largest absolute Gasteiger partial charge is 0.315 e. The number of nitrogens with one attached hydrogen (secondary N) is 1. The van der Waals surface area contributed by atoms with E-state index in [1.165, 1.54) is 50.9 Å². The Morgan fingerprint density at radius 3 is 2.68 bits per heavy atom. The Morgan fingerprint density at radius 2 is 1.89 bits per heavy atom. The molecule has 0 spiro atoms. The number of unbranched alkanes of at least 4 members (excludes halogenated alkanes) is 2. The Hall–Kier alpha value is -0.860. The van der Waals surface area contributed by atoms with Crippen molar-refractivity contribution < 1.29 is 0 Å². The maximum atomic E-state index is 3.48. The third-order valence-electron chi connectivity index (χ3n) is 3.91. The fourth-order valence-electron chi connectivity index (χ4n) is 2.77. The zero-order valence-electron chi connectivity index (χ0n) is 12.5. The molecule has 2 heteroatoms. The van der Waals surface area contributed by atoms with Gasteiger partial charge in [0.05, 0.1) is 0 Å². The van der Waals surface area contributed by atoms with Crippen LogP contribution in [-0.2, 0) is 13.0 Å². The van der Waals surface area contributed by atoms with Crippen molar-refractivity contribution >= 4 is 0 Å². The molecule has 0 saturated heterocycles. The van der Waals surface area contributed by atoms with Crippen molar-refractivity contribution in [2.24, 2.45) is 0 Å². The van der Waals surface area contributed by atoms with Crippen LogP contribution in [0.3, 0.4) is 0 Å². The van der Waals surface area contributed by atoms with Gasteiger partial charge in [0.15, 0.2) is 0 Å². The van der Waals surface area contributed by atoms with Gasteiger partial charge in [-0.25, -0.2) is 0 Å². The number of nitrogens with zero attached hydrogens (tertiary/aromatic N) is 1. The van der Waals surface area contributed by atoms with Crippen molar-refractivity contribution in [3.63, 3.8) is 0 Å². The summed E-state index contributed by atoms with van der Waals surface area (Å²) in [5.41, 5.74) is 3.09. The first-order valence-corrected chi connectivity index (χ1v) is 7.78. The number of rotatable bonds is 7. The summed E-state index contributed by atoms with van der Waals surface area (Å²) in [6, 6.07) is 9.52. The molecular weight excluding hydrogens is 232 g/mol. The Morgan fingerprint density at radius 1 is 1.11 bits per heavy atom. The summed E-state index contributed by atoms with van der Waals surface area (Å²) in [6.45, 7) is 9.24. The fourth-order valence-corrected chi connectivity index (χ4v) is 2.77. The fraction of sp³-hybridized carbons (Fsp3) is 0.647. The first-order valence-electron chi connectivity index (χ1n) is 7.78. The summed E-state index contributed by atoms with van der Waals surface area (Å²) in [4.78, 5) is 2.61. The Bertz CT molecular complexity index is 373. The van der Waals surface area contributed by atoms with Crippen LogP contribution in [0.4, 0.5) is 0 Å². The molecule has 19 heavy (non-hydrogen) atoms.